The van der Waals surface area contributed by atoms with Crippen LogP contribution in [0.4, 0.5) is 5.69 Å². The van der Waals surface area contributed by atoms with Crippen LogP contribution in [-0.4, -0.2) is 48.0 Å². The SMILES string of the molecule is CCOC(=O)c1c(C)[nH]c(C(=O)OCC(=O)Nc2ccccc2C(=O)NC2CC2)c1C. The van der Waals surface area contributed by atoms with E-state index >= 15 is 0 Å². The number of aromatic amines is 1. The summed E-state index contributed by atoms with van der Waals surface area (Å²) in [5.41, 5.74) is 1.89. The number of rotatable bonds is 8. The lowest BCUT2D eigenvalue weighted by atomic mass is 10.1. The van der Waals surface area contributed by atoms with Crippen molar-refractivity contribution in [2.45, 2.75) is 39.7 Å². The van der Waals surface area contributed by atoms with Crippen molar-refractivity contribution in [3.63, 3.8) is 0 Å². The number of nitrogens with one attached hydrogen (secondary N) is 3. The number of ether oxygens (including phenoxy) is 2. The van der Waals surface area contributed by atoms with Crippen molar-refractivity contribution in [1.82, 2.24) is 10.3 Å². The Morgan fingerprint density at radius 1 is 1.06 bits per heavy atom. The number of benzene rings is 1. The molecule has 0 bridgehead atoms. The lowest BCUT2D eigenvalue weighted by Crippen LogP contribution is -2.28. The number of carbonyl (C=O) groups is 4. The zero-order valence-electron chi connectivity index (χ0n) is 17.7. The molecule has 9 nitrogen and oxygen atoms in total. The quantitative estimate of drug-likeness (QED) is 0.556. The Bertz CT molecular complexity index is 1020. The predicted octanol–water partition coefficient (Wildman–Crippen LogP) is 2.50. The number of aromatic nitrogens is 1. The topological polar surface area (TPSA) is 127 Å². The summed E-state index contributed by atoms with van der Waals surface area (Å²) in [6.07, 6.45) is 1.90. The van der Waals surface area contributed by atoms with Crippen LogP contribution in [0.5, 0.6) is 0 Å². The summed E-state index contributed by atoms with van der Waals surface area (Å²) in [5.74, 6) is -2.16. The Hall–Kier alpha value is -3.62. The summed E-state index contributed by atoms with van der Waals surface area (Å²) in [7, 11) is 0. The number of aryl methyl sites for hydroxylation is 1. The van der Waals surface area contributed by atoms with Crippen molar-refractivity contribution >= 4 is 29.4 Å². The second-order valence-corrected chi connectivity index (χ2v) is 7.26. The van der Waals surface area contributed by atoms with E-state index in [0.29, 0.717) is 22.5 Å². The number of carbonyl (C=O) groups excluding carboxylic acids is 4. The van der Waals surface area contributed by atoms with Crippen LogP contribution in [0.3, 0.4) is 0 Å². The van der Waals surface area contributed by atoms with Gasteiger partial charge in [-0.15, -0.1) is 0 Å². The Morgan fingerprint density at radius 2 is 1.77 bits per heavy atom. The minimum Gasteiger partial charge on any atom is -0.462 e. The molecule has 1 heterocycles. The van der Waals surface area contributed by atoms with Crippen LogP contribution in [0.1, 0.15) is 62.2 Å². The Morgan fingerprint density at radius 3 is 2.45 bits per heavy atom. The van der Waals surface area contributed by atoms with E-state index in [1.54, 1.807) is 45.0 Å². The smallest absolute Gasteiger partial charge is 0.355 e. The molecule has 2 amide bonds. The van der Waals surface area contributed by atoms with Crippen molar-refractivity contribution in [3.05, 3.63) is 52.3 Å². The van der Waals surface area contributed by atoms with Crippen LogP contribution < -0.4 is 10.6 Å². The number of hydrogen-bond acceptors (Lipinski definition) is 6. The molecule has 0 aliphatic heterocycles. The number of amides is 2. The van der Waals surface area contributed by atoms with Gasteiger partial charge >= 0.3 is 11.9 Å². The van der Waals surface area contributed by atoms with Gasteiger partial charge in [-0.1, -0.05) is 12.1 Å². The zero-order valence-corrected chi connectivity index (χ0v) is 17.7. The normalized spacial score (nSPS) is 12.7. The van der Waals surface area contributed by atoms with E-state index in [2.05, 4.69) is 15.6 Å². The fraction of sp³-hybridized carbons (Fsp3) is 0.364. The first-order chi connectivity index (χ1) is 14.8. The molecule has 1 aromatic carbocycles. The summed E-state index contributed by atoms with van der Waals surface area (Å²) >= 11 is 0. The molecular formula is C22H25N3O6. The maximum absolute atomic E-state index is 12.4. The number of anilines is 1. The maximum atomic E-state index is 12.4. The highest BCUT2D eigenvalue weighted by molar-refractivity contribution is 6.05. The molecular weight excluding hydrogens is 402 g/mol. The third kappa shape index (κ3) is 5.30. The Labute approximate surface area is 179 Å². The van der Waals surface area contributed by atoms with Gasteiger partial charge in [0.15, 0.2) is 6.61 Å². The van der Waals surface area contributed by atoms with E-state index in [0.717, 1.165) is 12.8 Å². The minimum absolute atomic E-state index is 0.0811. The second kappa shape index (κ2) is 9.46. The fourth-order valence-electron chi connectivity index (χ4n) is 3.13. The average molecular weight is 427 g/mol. The van der Waals surface area contributed by atoms with Crippen molar-refractivity contribution in [1.29, 1.82) is 0 Å². The lowest BCUT2D eigenvalue weighted by Gasteiger charge is -2.11. The fourth-order valence-corrected chi connectivity index (χ4v) is 3.13. The highest BCUT2D eigenvalue weighted by Gasteiger charge is 2.26. The highest BCUT2D eigenvalue weighted by Crippen LogP contribution is 2.22. The van der Waals surface area contributed by atoms with E-state index in [4.69, 9.17) is 9.47 Å². The summed E-state index contributed by atoms with van der Waals surface area (Å²) in [4.78, 5) is 51.9. The molecule has 31 heavy (non-hydrogen) atoms. The first kappa shape index (κ1) is 22.1. The van der Waals surface area contributed by atoms with Crippen LogP contribution in [0.15, 0.2) is 24.3 Å². The van der Waals surface area contributed by atoms with Crippen molar-refractivity contribution < 1.29 is 28.7 Å². The summed E-state index contributed by atoms with van der Waals surface area (Å²) in [5, 5.41) is 5.47. The molecule has 0 atom stereocenters. The number of hydrogen-bond donors (Lipinski definition) is 3. The van der Waals surface area contributed by atoms with E-state index in [1.807, 2.05) is 0 Å². The van der Waals surface area contributed by atoms with Crippen LogP contribution in [-0.2, 0) is 14.3 Å². The van der Waals surface area contributed by atoms with Gasteiger partial charge in [0.2, 0.25) is 0 Å². The monoisotopic (exact) mass is 427 g/mol. The van der Waals surface area contributed by atoms with Crippen LogP contribution in [0, 0.1) is 13.8 Å². The zero-order chi connectivity index (χ0) is 22.5. The average Bonchev–Trinajstić information content (AvgIpc) is 3.49. The van der Waals surface area contributed by atoms with E-state index in [-0.39, 0.29) is 29.8 Å². The van der Waals surface area contributed by atoms with Crippen LogP contribution >= 0.6 is 0 Å². The first-order valence-electron chi connectivity index (χ1n) is 10.0. The van der Waals surface area contributed by atoms with Gasteiger partial charge in [-0.2, -0.15) is 0 Å². The van der Waals surface area contributed by atoms with E-state index in [1.165, 1.54) is 0 Å². The molecule has 1 aliphatic rings. The summed E-state index contributed by atoms with van der Waals surface area (Å²) < 4.78 is 10.1. The van der Waals surface area contributed by atoms with E-state index < -0.39 is 24.5 Å². The van der Waals surface area contributed by atoms with Gasteiger partial charge in [0.1, 0.15) is 5.69 Å². The molecule has 2 aromatic rings. The molecule has 3 N–H and O–H groups in total. The molecule has 1 aliphatic carbocycles. The second-order valence-electron chi connectivity index (χ2n) is 7.26. The molecule has 0 unspecified atom stereocenters. The summed E-state index contributed by atoms with van der Waals surface area (Å²) in [6, 6.07) is 6.79. The number of H-pyrrole nitrogens is 1. The lowest BCUT2D eigenvalue weighted by molar-refractivity contribution is -0.119. The van der Waals surface area contributed by atoms with Gasteiger partial charge in [0.05, 0.1) is 23.4 Å². The first-order valence-corrected chi connectivity index (χ1v) is 10.0. The van der Waals surface area contributed by atoms with Crippen molar-refractivity contribution in [2.24, 2.45) is 0 Å². The van der Waals surface area contributed by atoms with Crippen molar-refractivity contribution in [2.75, 3.05) is 18.5 Å². The molecule has 1 saturated carbocycles. The molecule has 0 saturated heterocycles. The highest BCUT2D eigenvalue weighted by atomic mass is 16.5. The third-order valence-electron chi connectivity index (χ3n) is 4.81. The van der Waals surface area contributed by atoms with Gasteiger partial charge in [-0.25, -0.2) is 9.59 Å². The largest absolute Gasteiger partial charge is 0.462 e. The van der Waals surface area contributed by atoms with Gasteiger partial charge in [0, 0.05) is 11.7 Å². The van der Waals surface area contributed by atoms with Crippen LogP contribution in [0.2, 0.25) is 0 Å². The molecule has 9 heteroatoms. The standard InChI is InChI=1S/C22H25N3O6/c1-4-30-21(28)18-12(2)19(23-13(18)3)22(29)31-11-17(26)25-16-8-6-5-7-15(16)20(27)24-14-9-10-14/h5-8,14,23H,4,9-11H2,1-3H3,(H,24,27)(H,25,26). The molecule has 1 fully saturated rings. The number of para-hydroxylation sites is 1. The molecule has 0 spiro atoms. The molecule has 164 valence electrons. The van der Waals surface area contributed by atoms with Crippen molar-refractivity contribution in [3.8, 4) is 0 Å². The van der Waals surface area contributed by atoms with Gasteiger partial charge in [-0.05, 0) is 51.3 Å². The molecule has 1 aromatic heterocycles. The predicted molar refractivity (Wildman–Crippen MR) is 112 cm³/mol. The number of esters is 2. The molecule has 0 radical (unpaired) electrons. The molecule has 3 rings (SSSR count). The minimum atomic E-state index is -0.772. The summed E-state index contributed by atoms with van der Waals surface area (Å²) in [6.45, 7) is 4.59. The maximum Gasteiger partial charge on any atom is 0.355 e. The van der Waals surface area contributed by atoms with Crippen LogP contribution in [0.25, 0.3) is 0 Å². The Balaban J connectivity index is 1.62. The third-order valence-corrected chi connectivity index (χ3v) is 4.81. The van der Waals surface area contributed by atoms with Gasteiger partial charge < -0.3 is 25.1 Å². The van der Waals surface area contributed by atoms with Gasteiger partial charge in [0.25, 0.3) is 11.8 Å². The van der Waals surface area contributed by atoms with Gasteiger partial charge in [-0.3, -0.25) is 9.59 Å². The Kier molecular flexibility index (Phi) is 6.74. The van der Waals surface area contributed by atoms with E-state index in [9.17, 15) is 19.2 Å².